The van der Waals surface area contributed by atoms with Gasteiger partial charge in [-0.15, -0.1) is 0 Å². The number of hydrogen-bond acceptors (Lipinski definition) is 5. The number of rotatable bonds is 5. The van der Waals surface area contributed by atoms with Crippen LogP contribution in [0.2, 0.25) is 0 Å². The average Bonchev–Trinajstić information content (AvgIpc) is 2.84. The number of aromatic nitrogens is 2. The quantitative estimate of drug-likeness (QED) is 0.549. The molecular formula is C25H25F3N4O2. The Balaban J connectivity index is 1.46. The van der Waals surface area contributed by atoms with E-state index in [4.69, 9.17) is 4.74 Å². The predicted octanol–water partition coefficient (Wildman–Crippen LogP) is 4.51. The van der Waals surface area contributed by atoms with E-state index in [1.807, 2.05) is 36.9 Å². The van der Waals surface area contributed by atoms with Crippen molar-refractivity contribution in [2.75, 3.05) is 37.7 Å². The molecule has 1 aliphatic heterocycles. The molecule has 9 heteroatoms. The molecule has 0 unspecified atom stereocenters. The zero-order valence-electron chi connectivity index (χ0n) is 19.0. The van der Waals surface area contributed by atoms with Crippen LogP contribution in [0.5, 0.6) is 5.75 Å². The van der Waals surface area contributed by atoms with E-state index < -0.39 is 11.7 Å². The summed E-state index contributed by atoms with van der Waals surface area (Å²) in [4.78, 5) is 25.4. The van der Waals surface area contributed by atoms with Crippen molar-refractivity contribution in [1.29, 1.82) is 0 Å². The molecule has 0 atom stereocenters. The maximum Gasteiger partial charge on any atom is 0.416 e. The van der Waals surface area contributed by atoms with E-state index in [1.54, 1.807) is 23.1 Å². The van der Waals surface area contributed by atoms with E-state index in [9.17, 15) is 18.0 Å². The van der Waals surface area contributed by atoms with Gasteiger partial charge in [-0.25, -0.2) is 9.97 Å². The summed E-state index contributed by atoms with van der Waals surface area (Å²) >= 11 is 0. The van der Waals surface area contributed by atoms with Gasteiger partial charge in [-0.05, 0) is 38.1 Å². The SMILES string of the molecule is Cc1nc(-c2cccc(C(F)(F)F)c2)nc(N2CCN(C(=O)COc3ccccc3)CC2)c1C. The van der Waals surface area contributed by atoms with Gasteiger partial charge in [-0.3, -0.25) is 4.79 Å². The van der Waals surface area contributed by atoms with Gasteiger partial charge >= 0.3 is 6.18 Å². The second kappa shape index (κ2) is 9.70. The normalized spacial score (nSPS) is 14.3. The highest BCUT2D eigenvalue weighted by Crippen LogP contribution is 2.32. The van der Waals surface area contributed by atoms with Gasteiger partial charge in [0, 0.05) is 43.0 Å². The summed E-state index contributed by atoms with van der Waals surface area (Å²) in [6.07, 6.45) is -4.44. The van der Waals surface area contributed by atoms with Gasteiger partial charge in [0.05, 0.1) is 5.56 Å². The highest BCUT2D eigenvalue weighted by molar-refractivity contribution is 5.78. The van der Waals surface area contributed by atoms with Crippen LogP contribution in [-0.2, 0) is 11.0 Å². The van der Waals surface area contributed by atoms with Gasteiger partial charge in [0.25, 0.3) is 5.91 Å². The first kappa shape index (κ1) is 23.5. The molecule has 2 aromatic carbocycles. The first-order valence-electron chi connectivity index (χ1n) is 11.0. The molecule has 0 radical (unpaired) electrons. The van der Waals surface area contributed by atoms with Crippen LogP contribution < -0.4 is 9.64 Å². The largest absolute Gasteiger partial charge is 0.484 e. The van der Waals surface area contributed by atoms with Gasteiger partial charge < -0.3 is 14.5 Å². The molecule has 1 amide bonds. The minimum Gasteiger partial charge on any atom is -0.484 e. The number of piperazine rings is 1. The standard InChI is InChI=1S/C25H25F3N4O2/c1-17-18(2)29-23(19-7-6-8-20(15-19)25(26,27)28)30-24(17)32-13-11-31(12-14-32)22(33)16-34-21-9-4-3-5-10-21/h3-10,15H,11-14,16H2,1-2H3. The number of ether oxygens (including phenoxy) is 1. The number of carbonyl (C=O) groups excluding carboxylic acids is 1. The third-order valence-corrected chi connectivity index (χ3v) is 5.85. The minimum absolute atomic E-state index is 0.0324. The molecule has 6 nitrogen and oxygen atoms in total. The van der Waals surface area contributed by atoms with E-state index in [2.05, 4.69) is 9.97 Å². The van der Waals surface area contributed by atoms with Gasteiger partial charge in [0.1, 0.15) is 11.6 Å². The number of alkyl halides is 3. The van der Waals surface area contributed by atoms with Crippen molar-refractivity contribution in [3.8, 4) is 17.1 Å². The fourth-order valence-electron chi connectivity index (χ4n) is 3.81. The Morgan fingerprint density at radius 1 is 0.971 bits per heavy atom. The van der Waals surface area contributed by atoms with Crippen molar-refractivity contribution in [1.82, 2.24) is 14.9 Å². The fraction of sp³-hybridized carbons (Fsp3) is 0.320. The first-order chi connectivity index (χ1) is 16.2. The van der Waals surface area contributed by atoms with Gasteiger partial charge in [-0.1, -0.05) is 30.3 Å². The van der Waals surface area contributed by atoms with Crippen LogP contribution in [0, 0.1) is 13.8 Å². The lowest BCUT2D eigenvalue weighted by molar-refractivity contribution is -0.137. The second-order valence-electron chi connectivity index (χ2n) is 8.13. The van der Waals surface area contributed by atoms with E-state index in [0.717, 1.165) is 17.7 Å². The molecule has 1 saturated heterocycles. The Morgan fingerprint density at radius 3 is 2.35 bits per heavy atom. The highest BCUT2D eigenvalue weighted by atomic mass is 19.4. The van der Waals surface area contributed by atoms with Gasteiger partial charge in [0.2, 0.25) is 0 Å². The Bertz CT molecular complexity index is 1160. The molecule has 1 fully saturated rings. The summed E-state index contributed by atoms with van der Waals surface area (Å²) in [5.41, 5.74) is 1.14. The molecule has 0 bridgehead atoms. The Hall–Kier alpha value is -3.62. The minimum atomic E-state index is -4.44. The zero-order chi connectivity index (χ0) is 24.3. The number of hydrogen-bond donors (Lipinski definition) is 0. The van der Waals surface area contributed by atoms with Crippen LogP contribution in [-0.4, -0.2) is 53.6 Å². The molecule has 3 aromatic rings. The van der Waals surface area contributed by atoms with Crippen molar-refractivity contribution in [3.63, 3.8) is 0 Å². The van der Waals surface area contributed by atoms with Crippen LogP contribution in [0.1, 0.15) is 16.8 Å². The van der Waals surface area contributed by atoms with E-state index in [0.29, 0.717) is 49.0 Å². The summed E-state index contributed by atoms with van der Waals surface area (Å²) in [5.74, 6) is 1.47. The smallest absolute Gasteiger partial charge is 0.416 e. The lowest BCUT2D eigenvalue weighted by Crippen LogP contribution is -2.50. The number of amides is 1. The molecule has 34 heavy (non-hydrogen) atoms. The third-order valence-electron chi connectivity index (χ3n) is 5.85. The maximum atomic E-state index is 13.2. The molecule has 4 rings (SSSR count). The summed E-state index contributed by atoms with van der Waals surface area (Å²) in [6, 6.07) is 14.2. The number of anilines is 1. The summed E-state index contributed by atoms with van der Waals surface area (Å²) in [5, 5.41) is 0. The van der Waals surface area contributed by atoms with Crippen LogP contribution in [0.25, 0.3) is 11.4 Å². The van der Waals surface area contributed by atoms with E-state index >= 15 is 0 Å². The number of carbonyl (C=O) groups is 1. The predicted molar refractivity (Wildman–Crippen MR) is 123 cm³/mol. The first-order valence-corrected chi connectivity index (χ1v) is 11.0. The summed E-state index contributed by atoms with van der Waals surface area (Å²) in [7, 11) is 0. The molecule has 0 aliphatic carbocycles. The third kappa shape index (κ3) is 5.30. The monoisotopic (exact) mass is 470 g/mol. The molecule has 0 spiro atoms. The topological polar surface area (TPSA) is 58.6 Å². The lowest BCUT2D eigenvalue weighted by Gasteiger charge is -2.36. The molecule has 2 heterocycles. The number of benzene rings is 2. The second-order valence-corrected chi connectivity index (χ2v) is 8.13. The molecule has 178 valence electrons. The Morgan fingerprint density at radius 2 is 1.68 bits per heavy atom. The Labute approximate surface area is 196 Å². The van der Waals surface area contributed by atoms with E-state index in [1.165, 1.54) is 6.07 Å². The van der Waals surface area contributed by atoms with Gasteiger partial charge in [0.15, 0.2) is 12.4 Å². The molecular weight excluding hydrogens is 445 g/mol. The number of para-hydroxylation sites is 1. The molecule has 0 saturated carbocycles. The number of halogens is 3. The van der Waals surface area contributed by atoms with Crippen molar-refractivity contribution in [2.24, 2.45) is 0 Å². The highest BCUT2D eigenvalue weighted by Gasteiger charge is 2.31. The maximum absolute atomic E-state index is 13.2. The van der Waals surface area contributed by atoms with Crippen molar-refractivity contribution in [2.45, 2.75) is 20.0 Å². The van der Waals surface area contributed by atoms with Crippen molar-refractivity contribution >= 4 is 11.7 Å². The zero-order valence-corrected chi connectivity index (χ0v) is 19.0. The average molecular weight is 470 g/mol. The van der Waals surface area contributed by atoms with Crippen LogP contribution in [0.15, 0.2) is 54.6 Å². The summed E-state index contributed by atoms with van der Waals surface area (Å²) in [6.45, 7) is 5.78. The molecule has 1 aromatic heterocycles. The molecule has 1 aliphatic rings. The lowest BCUT2D eigenvalue weighted by atomic mass is 10.1. The van der Waals surface area contributed by atoms with E-state index in [-0.39, 0.29) is 18.3 Å². The number of aryl methyl sites for hydroxylation is 1. The summed E-state index contributed by atoms with van der Waals surface area (Å²) < 4.78 is 45.0. The van der Waals surface area contributed by atoms with Crippen molar-refractivity contribution < 1.29 is 22.7 Å². The van der Waals surface area contributed by atoms with Crippen LogP contribution in [0.4, 0.5) is 19.0 Å². The van der Waals surface area contributed by atoms with Crippen LogP contribution >= 0.6 is 0 Å². The van der Waals surface area contributed by atoms with Crippen LogP contribution in [0.3, 0.4) is 0 Å². The fourth-order valence-corrected chi connectivity index (χ4v) is 3.81. The van der Waals surface area contributed by atoms with Gasteiger partial charge in [-0.2, -0.15) is 13.2 Å². The van der Waals surface area contributed by atoms with Crippen molar-refractivity contribution in [3.05, 3.63) is 71.4 Å². The Kier molecular flexibility index (Phi) is 6.72. The number of nitrogens with zero attached hydrogens (tertiary/aromatic N) is 4. The molecule has 0 N–H and O–H groups in total.